The lowest BCUT2D eigenvalue weighted by Crippen LogP contribution is -2.11. The van der Waals surface area contributed by atoms with E-state index in [4.69, 9.17) is 14.3 Å². The van der Waals surface area contributed by atoms with Gasteiger partial charge < -0.3 is 14.3 Å². The monoisotopic (exact) mass is 288 g/mol. The molecule has 0 saturated carbocycles. The third kappa shape index (κ3) is 3.66. The van der Waals surface area contributed by atoms with Crippen LogP contribution in [0.5, 0.6) is 5.75 Å². The molecule has 2 aromatic rings. The lowest BCUT2D eigenvalue weighted by molar-refractivity contribution is 0.0661. The second-order valence-electron chi connectivity index (χ2n) is 6.06. The first-order valence-electron chi connectivity index (χ1n) is 6.83. The lowest BCUT2D eigenvalue weighted by Gasteiger charge is -2.19. The van der Waals surface area contributed by atoms with Crippen molar-refractivity contribution < 1.29 is 19.1 Å². The molecular weight excluding hydrogens is 268 g/mol. The predicted octanol–water partition coefficient (Wildman–Crippen LogP) is 4.16. The fraction of sp³-hybridized carbons (Fsp3) is 0.353. The third-order valence-corrected chi connectivity index (χ3v) is 3.33. The van der Waals surface area contributed by atoms with Crippen LogP contribution in [0.4, 0.5) is 0 Å². The Balaban J connectivity index is 2.12. The Morgan fingerprint density at radius 3 is 2.57 bits per heavy atom. The summed E-state index contributed by atoms with van der Waals surface area (Å²) in [6.07, 6.45) is 0. The minimum atomic E-state index is -1.07. The topological polar surface area (TPSA) is 59.7 Å². The molecule has 0 radical (unpaired) electrons. The summed E-state index contributed by atoms with van der Waals surface area (Å²) in [5.74, 6) is 0.202. The van der Waals surface area contributed by atoms with Crippen LogP contribution in [0.2, 0.25) is 0 Å². The zero-order chi connectivity index (χ0) is 15.6. The van der Waals surface area contributed by atoms with Crippen molar-refractivity contribution in [2.24, 2.45) is 0 Å². The van der Waals surface area contributed by atoms with E-state index >= 15 is 0 Å². The van der Waals surface area contributed by atoms with Gasteiger partial charge in [0.25, 0.3) is 0 Å². The summed E-state index contributed by atoms with van der Waals surface area (Å²) >= 11 is 0. The Kier molecular flexibility index (Phi) is 4.07. The van der Waals surface area contributed by atoms with Gasteiger partial charge in [0.1, 0.15) is 18.1 Å². The Labute approximate surface area is 124 Å². The fourth-order valence-electron chi connectivity index (χ4n) is 1.98. The Bertz CT molecular complexity index is 647. The molecule has 1 N–H and O–H groups in total. The summed E-state index contributed by atoms with van der Waals surface area (Å²) in [6, 6.07) is 9.43. The molecule has 0 bridgehead atoms. The van der Waals surface area contributed by atoms with E-state index in [0.29, 0.717) is 5.76 Å². The van der Waals surface area contributed by atoms with Gasteiger partial charge in [0.05, 0.1) is 0 Å². The van der Waals surface area contributed by atoms with E-state index in [0.717, 1.165) is 11.3 Å². The van der Waals surface area contributed by atoms with E-state index in [9.17, 15) is 4.79 Å². The van der Waals surface area contributed by atoms with E-state index in [2.05, 4.69) is 26.8 Å². The molecule has 2 rings (SSSR count). The van der Waals surface area contributed by atoms with Gasteiger partial charge in [-0.05, 0) is 36.1 Å². The number of aromatic carboxylic acids is 1. The van der Waals surface area contributed by atoms with Crippen LogP contribution in [0.1, 0.15) is 48.2 Å². The summed E-state index contributed by atoms with van der Waals surface area (Å²) in [7, 11) is 0. The molecule has 112 valence electrons. The fourth-order valence-corrected chi connectivity index (χ4v) is 1.98. The molecule has 1 aromatic heterocycles. The molecule has 4 heteroatoms. The zero-order valence-electron chi connectivity index (χ0n) is 12.8. The highest BCUT2D eigenvalue weighted by Gasteiger charge is 2.15. The minimum Gasteiger partial charge on any atom is -0.489 e. The van der Waals surface area contributed by atoms with Gasteiger partial charge in [0, 0.05) is 5.56 Å². The molecule has 0 amide bonds. The van der Waals surface area contributed by atoms with Crippen LogP contribution in [-0.4, -0.2) is 11.1 Å². The van der Waals surface area contributed by atoms with Crippen LogP contribution < -0.4 is 4.74 Å². The van der Waals surface area contributed by atoms with Gasteiger partial charge in [-0.1, -0.05) is 32.9 Å². The summed E-state index contributed by atoms with van der Waals surface area (Å²) < 4.78 is 10.9. The first kappa shape index (κ1) is 15.2. The largest absolute Gasteiger partial charge is 0.489 e. The minimum absolute atomic E-state index is 0.0569. The number of hydrogen-bond donors (Lipinski definition) is 1. The molecule has 1 aromatic carbocycles. The summed E-state index contributed by atoms with van der Waals surface area (Å²) in [4.78, 5) is 10.9. The molecule has 0 aliphatic carbocycles. The van der Waals surface area contributed by atoms with E-state index in [1.165, 1.54) is 11.6 Å². The number of carboxylic acids is 1. The molecule has 0 spiro atoms. The molecule has 0 fully saturated rings. The van der Waals surface area contributed by atoms with Gasteiger partial charge in [-0.2, -0.15) is 0 Å². The van der Waals surface area contributed by atoms with Crippen LogP contribution in [0.25, 0.3) is 0 Å². The van der Waals surface area contributed by atoms with Crippen molar-refractivity contribution in [2.45, 2.75) is 39.7 Å². The van der Waals surface area contributed by atoms with Crippen LogP contribution in [0.15, 0.2) is 34.7 Å². The van der Waals surface area contributed by atoms with Crippen LogP contribution in [0, 0.1) is 6.92 Å². The average Bonchev–Trinajstić information content (AvgIpc) is 2.77. The Morgan fingerprint density at radius 2 is 2.00 bits per heavy atom. The van der Waals surface area contributed by atoms with E-state index in [1.807, 2.05) is 18.2 Å². The molecule has 0 aliphatic rings. The lowest BCUT2D eigenvalue weighted by atomic mass is 9.87. The van der Waals surface area contributed by atoms with Crippen LogP contribution in [0.3, 0.4) is 0 Å². The van der Waals surface area contributed by atoms with Crippen molar-refractivity contribution in [1.29, 1.82) is 0 Å². The van der Waals surface area contributed by atoms with Gasteiger partial charge in [0.2, 0.25) is 5.76 Å². The standard InChI is InChI=1S/C17H20O4/c1-11-12(8-15(21-11)16(18)19)10-20-14-7-5-6-13(9-14)17(2,3)4/h5-9H,10H2,1-4H3,(H,18,19). The third-order valence-electron chi connectivity index (χ3n) is 3.33. The number of hydrogen-bond acceptors (Lipinski definition) is 3. The maximum atomic E-state index is 10.9. The maximum Gasteiger partial charge on any atom is 0.371 e. The summed E-state index contributed by atoms with van der Waals surface area (Å²) in [5.41, 5.74) is 1.99. The normalized spacial score (nSPS) is 11.4. The van der Waals surface area contributed by atoms with Crippen molar-refractivity contribution in [1.82, 2.24) is 0 Å². The molecule has 1 heterocycles. The van der Waals surface area contributed by atoms with E-state index in [1.54, 1.807) is 6.92 Å². The first-order chi connectivity index (χ1) is 9.77. The van der Waals surface area contributed by atoms with Gasteiger partial charge >= 0.3 is 5.97 Å². The molecule has 0 atom stereocenters. The second kappa shape index (κ2) is 5.64. The van der Waals surface area contributed by atoms with Gasteiger partial charge in [0.15, 0.2) is 0 Å². The first-order valence-corrected chi connectivity index (χ1v) is 6.83. The van der Waals surface area contributed by atoms with Gasteiger partial charge in [-0.15, -0.1) is 0 Å². The molecular formula is C17H20O4. The number of ether oxygens (including phenoxy) is 1. The molecule has 0 unspecified atom stereocenters. The van der Waals surface area contributed by atoms with Crippen molar-refractivity contribution >= 4 is 5.97 Å². The van der Waals surface area contributed by atoms with Crippen LogP contribution >= 0.6 is 0 Å². The van der Waals surface area contributed by atoms with Crippen molar-refractivity contribution in [3.05, 3.63) is 53.0 Å². The second-order valence-corrected chi connectivity index (χ2v) is 6.06. The predicted molar refractivity (Wildman–Crippen MR) is 79.9 cm³/mol. The highest BCUT2D eigenvalue weighted by molar-refractivity contribution is 5.84. The molecule has 21 heavy (non-hydrogen) atoms. The van der Waals surface area contributed by atoms with Gasteiger partial charge in [-0.25, -0.2) is 4.79 Å². The number of aryl methyl sites for hydroxylation is 1. The van der Waals surface area contributed by atoms with Gasteiger partial charge in [-0.3, -0.25) is 0 Å². The SMILES string of the molecule is Cc1oc(C(=O)O)cc1COc1cccc(C(C)(C)C)c1. The van der Waals surface area contributed by atoms with Crippen LogP contribution in [-0.2, 0) is 12.0 Å². The average molecular weight is 288 g/mol. The van der Waals surface area contributed by atoms with E-state index < -0.39 is 5.97 Å². The number of carbonyl (C=O) groups is 1. The highest BCUT2D eigenvalue weighted by Crippen LogP contribution is 2.26. The Hall–Kier alpha value is -2.23. The van der Waals surface area contributed by atoms with Crippen molar-refractivity contribution in [3.8, 4) is 5.75 Å². The molecule has 0 saturated heterocycles. The van der Waals surface area contributed by atoms with E-state index in [-0.39, 0.29) is 17.8 Å². The smallest absolute Gasteiger partial charge is 0.371 e. The molecule has 4 nitrogen and oxygen atoms in total. The summed E-state index contributed by atoms with van der Waals surface area (Å²) in [6.45, 7) is 8.45. The summed E-state index contributed by atoms with van der Waals surface area (Å²) in [5, 5.41) is 8.90. The maximum absolute atomic E-state index is 10.9. The number of rotatable bonds is 4. The molecule has 0 aliphatic heterocycles. The highest BCUT2D eigenvalue weighted by atomic mass is 16.5. The number of benzene rings is 1. The number of carboxylic acid groups (broad SMARTS) is 1. The van der Waals surface area contributed by atoms with Crippen molar-refractivity contribution in [3.63, 3.8) is 0 Å². The van der Waals surface area contributed by atoms with Crippen molar-refractivity contribution in [2.75, 3.05) is 0 Å². The number of furan rings is 1. The Morgan fingerprint density at radius 1 is 1.29 bits per heavy atom. The zero-order valence-corrected chi connectivity index (χ0v) is 12.8. The quantitative estimate of drug-likeness (QED) is 0.917.